The van der Waals surface area contributed by atoms with Crippen molar-refractivity contribution in [3.05, 3.63) is 23.5 Å². The predicted octanol–water partition coefficient (Wildman–Crippen LogP) is 2.96. The Bertz CT molecular complexity index is 608. The molecule has 118 valence electrons. The van der Waals surface area contributed by atoms with Crippen LogP contribution in [0, 0.1) is 18.7 Å². The number of nitrogens with two attached hydrogens (primary N) is 1. The summed E-state index contributed by atoms with van der Waals surface area (Å²) in [7, 11) is -3.86. The minimum Gasteiger partial charge on any atom is -0.398 e. The highest BCUT2D eigenvalue weighted by Gasteiger charge is 2.27. The van der Waals surface area contributed by atoms with Crippen molar-refractivity contribution < 1.29 is 12.8 Å². The number of aryl methyl sites for hydroxylation is 1. The molecule has 2 rings (SSSR count). The van der Waals surface area contributed by atoms with E-state index in [2.05, 4.69) is 11.6 Å². The molecule has 1 aromatic rings. The summed E-state index contributed by atoms with van der Waals surface area (Å²) < 4.78 is 41.2. The molecule has 0 spiro atoms. The zero-order valence-electron chi connectivity index (χ0n) is 12.5. The third-order valence-electron chi connectivity index (χ3n) is 4.36. The second kappa shape index (κ2) is 6.32. The Morgan fingerprint density at radius 3 is 2.48 bits per heavy atom. The molecule has 6 heteroatoms. The average Bonchev–Trinajstić information content (AvgIpc) is 2.43. The summed E-state index contributed by atoms with van der Waals surface area (Å²) in [6, 6.07) is 2.25. The summed E-state index contributed by atoms with van der Waals surface area (Å²) in [5.74, 6) is -0.0750. The molecule has 0 aromatic heterocycles. The van der Waals surface area contributed by atoms with E-state index in [9.17, 15) is 12.8 Å². The molecule has 0 radical (unpaired) electrons. The fourth-order valence-electron chi connectivity index (χ4n) is 2.85. The fraction of sp³-hybridized carbons (Fsp3) is 0.600. The van der Waals surface area contributed by atoms with E-state index in [1.807, 2.05) is 0 Å². The van der Waals surface area contributed by atoms with Gasteiger partial charge < -0.3 is 5.73 Å². The van der Waals surface area contributed by atoms with Crippen LogP contribution in [0.4, 0.5) is 10.1 Å². The van der Waals surface area contributed by atoms with Crippen LogP contribution in [-0.4, -0.2) is 14.5 Å². The average molecular weight is 314 g/mol. The monoisotopic (exact) mass is 314 g/mol. The highest BCUT2D eigenvalue weighted by Crippen LogP contribution is 2.28. The smallest absolute Gasteiger partial charge is 0.243 e. The second-order valence-electron chi connectivity index (χ2n) is 5.89. The van der Waals surface area contributed by atoms with Crippen molar-refractivity contribution in [3.63, 3.8) is 0 Å². The van der Waals surface area contributed by atoms with Gasteiger partial charge in [0.05, 0.1) is 0 Å². The molecule has 3 N–H and O–H groups in total. The van der Waals surface area contributed by atoms with Crippen molar-refractivity contribution in [2.45, 2.75) is 56.9 Å². The van der Waals surface area contributed by atoms with Gasteiger partial charge in [0.15, 0.2) is 0 Å². The molecule has 0 amide bonds. The lowest BCUT2D eigenvalue weighted by molar-refractivity contribution is 0.306. The van der Waals surface area contributed by atoms with Crippen LogP contribution >= 0.6 is 0 Å². The number of sulfonamides is 1. The Kier molecular flexibility index (Phi) is 4.88. The first-order valence-electron chi connectivity index (χ1n) is 7.41. The Labute approximate surface area is 126 Å². The van der Waals surface area contributed by atoms with Gasteiger partial charge in [0.25, 0.3) is 0 Å². The predicted molar refractivity (Wildman–Crippen MR) is 81.9 cm³/mol. The molecule has 1 aromatic carbocycles. The number of anilines is 1. The lowest BCUT2D eigenvalue weighted by Gasteiger charge is -2.28. The standard InChI is InChI=1S/C15H23FN2O2S/c1-3-11-4-6-12(7-5-11)18-21(19,20)15-9-14(17)10(2)8-13(15)16/h8-9,11-12,18H,3-7,17H2,1-2H3. The highest BCUT2D eigenvalue weighted by molar-refractivity contribution is 7.89. The second-order valence-corrected chi connectivity index (χ2v) is 7.57. The Morgan fingerprint density at radius 1 is 1.29 bits per heavy atom. The van der Waals surface area contributed by atoms with Crippen molar-refractivity contribution in [1.82, 2.24) is 4.72 Å². The molecule has 0 atom stereocenters. The van der Waals surface area contributed by atoms with Crippen LogP contribution in [0.1, 0.15) is 44.6 Å². The van der Waals surface area contributed by atoms with Gasteiger partial charge in [-0.2, -0.15) is 0 Å². The van der Waals surface area contributed by atoms with E-state index in [1.165, 1.54) is 6.07 Å². The lowest BCUT2D eigenvalue weighted by atomic mass is 9.85. The van der Waals surface area contributed by atoms with Gasteiger partial charge in [-0.25, -0.2) is 17.5 Å². The number of nitrogens with one attached hydrogen (secondary N) is 1. The molecule has 0 saturated heterocycles. The number of rotatable bonds is 4. The molecule has 1 fully saturated rings. The van der Waals surface area contributed by atoms with Gasteiger partial charge in [-0.3, -0.25) is 0 Å². The van der Waals surface area contributed by atoms with E-state index < -0.39 is 15.8 Å². The molecule has 4 nitrogen and oxygen atoms in total. The van der Waals surface area contributed by atoms with Crippen molar-refractivity contribution in [3.8, 4) is 0 Å². The molecule has 1 aliphatic rings. The summed E-state index contributed by atoms with van der Waals surface area (Å²) in [5.41, 5.74) is 6.52. The van der Waals surface area contributed by atoms with Gasteiger partial charge >= 0.3 is 0 Å². The van der Waals surface area contributed by atoms with Gasteiger partial charge in [-0.15, -0.1) is 0 Å². The molecular weight excluding hydrogens is 291 g/mol. The lowest BCUT2D eigenvalue weighted by Crippen LogP contribution is -2.38. The first kappa shape index (κ1) is 16.2. The first-order chi connectivity index (χ1) is 9.83. The van der Waals surface area contributed by atoms with E-state index in [4.69, 9.17) is 5.73 Å². The number of halogens is 1. The van der Waals surface area contributed by atoms with Crippen LogP contribution in [-0.2, 0) is 10.0 Å². The molecule has 21 heavy (non-hydrogen) atoms. The van der Waals surface area contributed by atoms with Gasteiger partial charge in [-0.1, -0.05) is 13.3 Å². The maximum Gasteiger partial charge on any atom is 0.243 e. The van der Waals surface area contributed by atoms with Crippen LogP contribution in [0.3, 0.4) is 0 Å². The summed E-state index contributed by atoms with van der Waals surface area (Å²) in [5, 5.41) is 0. The molecule has 0 heterocycles. The van der Waals surface area contributed by atoms with Crippen molar-refractivity contribution in [2.24, 2.45) is 5.92 Å². The van der Waals surface area contributed by atoms with Crippen LogP contribution in [0.5, 0.6) is 0 Å². The maximum absolute atomic E-state index is 13.9. The zero-order chi connectivity index (χ0) is 15.6. The molecule has 0 unspecified atom stereocenters. The molecule has 1 aliphatic carbocycles. The van der Waals surface area contributed by atoms with Gasteiger partial charge in [-0.05, 0) is 56.2 Å². The quantitative estimate of drug-likeness (QED) is 0.839. The zero-order valence-corrected chi connectivity index (χ0v) is 13.3. The van der Waals surface area contributed by atoms with Gasteiger partial charge in [0.2, 0.25) is 10.0 Å². The summed E-state index contributed by atoms with van der Waals surface area (Å²) >= 11 is 0. The minimum absolute atomic E-state index is 0.111. The maximum atomic E-state index is 13.9. The minimum atomic E-state index is -3.86. The Morgan fingerprint density at radius 2 is 1.90 bits per heavy atom. The van der Waals surface area contributed by atoms with Gasteiger partial charge in [0, 0.05) is 11.7 Å². The SMILES string of the molecule is CCC1CCC(NS(=O)(=O)c2cc(N)c(C)cc2F)CC1. The van der Waals surface area contributed by atoms with Crippen LogP contribution in [0.25, 0.3) is 0 Å². The number of hydrogen-bond acceptors (Lipinski definition) is 3. The van der Waals surface area contributed by atoms with Crippen molar-refractivity contribution in [2.75, 3.05) is 5.73 Å². The molecule has 1 saturated carbocycles. The first-order valence-corrected chi connectivity index (χ1v) is 8.89. The molecule has 0 aliphatic heterocycles. The Balaban J connectivity index is 2.14. The summed E-state index contributed by atoms with van der Waals surface area (Å²) in [4.78, 5) is -0.358. The van der Waals surface area contributed by atoms with E-state index in [0.29, 0.717) is 11.5 Å². The van der Waals surface area contributed by atoms with Crippen LogP contribution in [0.15, 0.2) is 17.0 Å². The molecule has 0 bridgehead atoms. The van der Waals surface area contributed by atoms with Crippen LogP contribution < -0.4 is 10.5 Å². The Hall–Kier alpha value is -1.14. The van der Waals surface area contributed by atoms with E-state index in [1.54, 1.807) is 6.92 Å². The van der Waals surface area contributed by atoms with E-state index in [0.717, 1.165) is 38.2 Å². The number of benzene rings is 1. The van der Waals surface area contributed by atoms with E-state index >= 15 is 0 Å². The topological polar surface area (TPSA) is 72.2 Å². The third-order valence-corrected chi connectivity index (χ3v) is 5.89. The van der Waals surface area contributed by atoms with Crippen molar-refractivity contribution in [1.29, 1.82) is 0 Å². The third kappa shape index (κ3) is 3.74. The summed E-state index contributed by atoms with van der Waals surface area (Å²) in [6.45, 7) is 3.80. The largest absolute Gasteiger partial charge is 0.398 e. The van der Waals surface area contributed by atoms with Crippen LogP contribution in [0.2, 0.25) is 0 Å². The fourth-order valence-corrected chi connectivity index (χ4v) is 4.25. The normalized spacial score (nSPS) is 23.2. The molecular formula is C15H23FN2O2S. The van der Waals surface area contributed by atoms with E-state index in [-0.39, 0.29) is 16.6 Å². The van der Waals surface area contributed by atoms with Gasteiger partial charge in [0.1, 0.15) is 10.7 Å². The number of hydrogen-bond donors (Lipinski definition) is 2. The number of nitrogen functional groups attached to an aromatic ring is 1. The van der Waals surface area contributed by atoms with Crippen molar-refractivity contribution >= 4 is 15.7 Å². The summed E-state index contributed by atoms with van der Waals surface area (Å²) in [6.07, 6.45) is 4.77. The highest BCUT2D eigenvalue weighted by atomic mass is 32.2.